The van der Waals surface area contributed by atoms with Crippen LogP contribution in [0.1, 0.15) is 22.3 Å². The highest BCUT2D eigenvalue weighted by Gasteiger charge is 2.24. The summed E-state index contributed by atoms with van der Waals surface area (Å²) in [6, 6.07) is 22.4. The highest BCUT2D eigenvalue weighted by molar-refractivity contribution is 5.95. The first kappa shape index (κ1) is 16.6. The Kier molecular flexibility index (Phi) is 4.84. The summed E-state index contributed by atoms with van der Waals surface area (Å²) in [5.74, 6) is 0.00515. The standard InChI is InChI=1S/C22H23N3O/c26-22(19-9-6-10-21(15-19)25-12-4-5-13-25)23-20-11-14-24(17-20)16-18-7-2-1-3-8-18/h1-10,12-13,15,20H,11,14,16-17H2,(H,23,26). The average Bonchev–Trinajstić information content (AvgIpc) is 3.35. The van der Waals surface area contributed by atoms with Gasteiger partial charge in [0.1, 0.15) is 0 Å². The van der Waals surface area contributed by atoms with Crippen molar-refractivity contribution < 1.29 is 4.79 Å². The summed E-state index contributed by atoms with van der Waals surface area (Å²) in [5, 5.41) is 3.19. The second-order valence-corrected chi connectivity index (χ2v) is 6.82. The molecule has 1 N–H and O–H groups in total. The fourth-order valence-corrected chi connectivity index (χ4v) is 3.52. The first-order valence-corrected chi connectivity index (χ1v) is 9.08. The Morgan fingerprint density at radius 2 is 1.81 bits per heavy atom. The molecule has 132 valence electrons. The molecule has 3 aromatic rings. The van der Waals surface area contributed by atoms with Crippen molar-refractivity contribution in [3.05, 3.63) is 90.3 Å². The van der Waals surface area contributed by atoms with Gasteiger partial charge in [-0.3, -0.25) is 9.69 Å². The number of aromatic nitrogens is 1. The third kappa shape index (κ3) is 3.86. The summed E-state index contributed by atoms with van der Waals surface area (Å²) in [4.78, 5) is 15.0. The van der Waals surface area contributed by atoms with Crippen LogP contribution >= 0.6 is 0 Å². The van der Waals surface area contributed by atoms with Crippen molar-refractivity contribution in [2.24, 2.45) is 0 Å². The summed E-state index contributed by atoms with van der Waals surface area (Å²) < 4.78 is 2.01. The SMILES string of the molecule is O=C(NC1CCN(Cc2ccccc2)C1)c1cccc(-n2cccc2)c1. The van der Waals surface area contributed by atoms with Gasteiger partial charge >= 0.3 is 0 Å². The van der Waals surface area contributed by atoms with Gasteiger partial charge in [-0.1, -0.05) is 36.4 Å². The minimum absolute atomic E-state index is 0.00515. The van der Waals surface area contributed by atoms with Gasteiger partial charge in [-0.25, -0.2) is 0 Å². The van der Waals surface area contributed by atoms with Crippen molar-refractivity contribution in [1.29, 1.82) is 0 Å². The van der Waals surface area contributed by atoms with Crippen molar-refractivity contribution in [3.8, 4) is 5.69 Å². The molecule has 1 saturated heterocycles. The largest absolute Gasteiger partial charge is 0.348 e. The number of amides is 1. The number of nitrogens with zero attached hydrogens (tertiary/aromatic N) is 2. The summed E-state index contributed by atoms with van der Waals surface area (Å²) in [7, 11) is 0. The summed E-state index contributed by atoms with van der Waals surface area (Å²) in [6.07, 6.45) is 4.96. The molecule has 26 heavy (non-hydrogen) atoms. The van der Waals surface area contributed by atoms with E-state index >= 15 is 0 Å². The molecule has 1 aromatic heterocycles. The molecule has 1 atom stereocenters. The lowest BCUT2D eigenvalue weighted by Crippen LogP contribution is -2.37. The molecule has 1 amide bonds. The Morgan fingerprint density at radius 1 is 1.00 bits per heavy atom. The second-order valence-electron chi connectivity index (χ2n) is 6.82. The smallest absolute Gasteiger partial charge is 0.251 e. The number of rotatable bonds is 5. The van der Waals surface area contributed by atoms with Crippen molar-refractivity contribution in [1.82, 2.24) is 14.8 Å². The van der Waals surface area contributed by atoms with E-state index in [4.69, 9.17) is 0 Å². The normalized spacial score (nSPS) is 17.3. The van der Waals surface area contributed by atoms with Gasteiger partial charge in [0.05, 0.1) is 0 Å². The van der Waals surface area contributed by atoms with Gasteiger partial charge < -0.3 is 9.88 Å². The molecule has 0 bridgehead atoms. The number of carbonyl (C=O) groups excluding carboxylic acids is 1. The second kappa shape index (κ2) is 7.58. The van der Waals surface area contributed by atoms with E-state index in [9.17, 15) is 4.79 Å². The quantitative estimate of drug-likeness (QED) is 0.769. The number of hydrogen-bond donors (Lipinski definition) is 1. The van der Waals surface area contributed by atoms with Crippen LogP contribution in [0.15, 0.2) is 79.1 Å². The lowest BCUT2D eigenvalue weighted by atomic mass is 10.1. The molecule has 1 fully saturated rings. The monoisotopic (exact) mass is 345 g/mol. The highest BCUT2D eigenvalue weighted by atomic mass is 16.1. The van der Waals surface area contributed by atoms with Gasteiger partial charge in [0, 0.05) is 49.3 Å². The maximum Gasteiger partial charge on any atom is 0.251 e. The lowest BCUT2D eigenvalue weighted by molar-refractivity contribution is 0.0937. The Morgan fingerprint density at radius 3 is 2.62 bits per heavy atom. The zero-order valence-electron chi connectivity index (χ0n) is 14.7. The van der Waals surface area contributed by atoms with E-state index in [2.05, 4.69) is 34.5 Å². The summed E-state index contributed by atoms with van der Waals surface area (Å²) in [6.45, 7) is 2.86. The van der Waals surface area contributed by atoms with Crippen LogP contribution in [0.3, 0.4) is 0 Å². The van der Waals surface area contributed by atoms with Gasteiger partial charge in [0.15, 0.2) is 0 Å². The minimum Gasteiger partial charge on any atom is -0.348 e. The van der Waals surface area contributed by atoms with Crippen LogP contribution in [-0.2, 0) is 6.54 Å². The molecule has 0 spiro atoms. The van der Waals surface area contributed by atoms with E-state index in [1.54, 1.807) is 0 Å². The number of hydrogen-bond acceptors (Lipinski definition) is 2. The Labute approximate surface area is 154 Å². The summed E-state index contributed by atoms with van der Waals surface area (Å²) in [5.41, 5.74) is 3.02. The topological polar surface area (TPSA) is 37.3 Å². The van der Waals surface area contributed by atoms with Crippen LogP contribution < -0.4 is 5.32 Å². The first-order valence-electron chi connectivity index (χ1n) is 9.08. The number of carbonyl (C=O) groups is 1. The molecule has 2 heterocycles. The van der Waals surface area contributed by atoms with Crippen molar-refractivity contribution in [3.63, 3.8) is 0 Å². The molecular formula is C22H23N3O. The van der Waals surface area contributed by atoms with E-state index in [-0.39, 0.29) is 11.9 Å². The number of likely N-dealkylation sites (tertiary alicyclic amines) is 1. The van der Waals surface area contributed by atoms with Crippen LogP contribution in [0, 0.1) is 0 Å². The molecule has 1 aliphatic heterocycles. The van der Waals surface area contributed by atoms with Gasteiger partial charge in [-0.15, -0.1) is 0 Å². The third-order valence-electron chi connectivity index (χ3n) is 4.87. The van der Waals surface area contributed by atoms with Gasteiger partial charge in [-0.05, 0) is 42.3 Å². The molecule has 4 rings (SSSR count). The molecule has 4 nitrogen and oxygen atoms in total. The van der Waals surface area contributed by atoms with Crippen molar-refractivity contribution in [2.45, 2.75) is 19.0 Å². The molecule has 4 heteroatoms. The zero-order chi connectivity index (χ0) is 17.8. The molecule has 0 saturated carbocycles. The zero-order valence-corrected chi connectivity index (χ0v) is 14.7. The third-order valence-corrected chi connectivity index (χ3v) is 4.87. The average molecular weight is 345 g/mol. The van der Waals surface area contributed by atoms with Crippen molar-refractivity contribution >= 4 is 5.91 Å². The van der Waals surface area contributed by atoms with Crippen LogP contribution in [0.4, 0.5) is 0 Å². The van der Waals surface area contributed by atoms with Gasteiger partial charge in [-0.2, -0.15) is 0 Å². The van der Waals surface area contributed by atoms with E-state index in [1.165, 1.54) is 5.56 Å². The summed E-state index contributed by atoms with van der Waals surface area (Å²) >= 11 is 0. The van der Waals surface area contributed by atoms with Gasteiger partial charge in [0.2, 0.25) is 0 Å². The lowest BCUT2D eigenvalue weighted by Gasteiger charge is -2.17. The predicted octanol–water partition coefficient (Wildman–Crippen LogP) is 3.48. The van der Waals surface area contributed by atoms with E-state index < -0.39 is 0 Å². The fraction of sp³-hybridized carbons (Fsp3) is 0.227. The molecule has 0 aliphatic carbocycles. The Bertz CT molecular complexity index is 858. The number of nitrogens with one attached hydrogen (secondary N) is 1. The van der Waals surface area contributed by atoms with Crippen LogP contribution in [0.2, 0.25) is 0 Å². The Hall–Kier alpha value is -2.85. The maximum atomic E-state index is 12.6. The molecule has 1 aliphatic rings. The van der Waals surface area contributed by atoms with E-state index in [0.29, 0.717) is 5.56 Å². The van der Waals surface area contributed by atoms with Gasteiger partial charge in [0.25, 0.3) is 5.91 Å². The van der Waals surface area contributed by atoms with Crippen molar-refractivity contribution in [2.75, 3.05) is 13.1 Å². The highest BCUT2D eigenvalue weighted by Crippen LogP contribution is 2.15. The van der Waals surface area contributed by atoms with Crippen LogP contribution in [0.25, 0.3) is 5.69 Å². The first-order chi connectivity index (χ1) is 12.8. The predicted molar refractivity (Wildman–Crippen MR) is 103 cm³/mol. The molecule has 0 radical (unpaired) electrons. The fourth-order valence-electron chi connectivity index (χ4n) is 3.52. The molecule has 1 unspecified atom stereocenters. The van der Waals surface area contributed by atoms with E-state index in [0.717, 1.165) is 31.7 Å². The Balaban J connectivity index is 1.36. The van der Waals surface area contributed by atoms with E-state index in [1.807, 2.05) is 59.4 Å². The number of benzene rings is 2. The minimum atomic E-state index is 0.00515. The maximum absolute atomic E-state index is 12.6. The molecular weight excluding hydrogens is 322 g/mol. The van der Waals surface area contributed by atoms with Crippen LogP contribution in [-0.4, -0.2) is 34.5 Å². The molecule has 2 aromatic carbocycles. The van der Waals surface area contributed by atoms with Crippen LogP contribution in [0.5, 0.6) is 0 Å².